The molecule has 0 saturated carbocycles. The molecule has 11 heteroatoms. The number of fused-ring (bicyclic) bond motifs is 1. The highest BCUT2D eigenvalue weighted by atomic mass is 32.2. The average Bonchev–Trinajstić information content (AvgIpc) is 3.24. The largest absolute Gasteiger partial charge is 0.497 e. The molecule has 190 valence electrons. The summed E-state index contributed by atoms with van der Waals surface area (Å²) in [6.45, 7) is 2.98. The molecule has 2 aliphatic rings. The smallest absolute Gasteiger partial charge is 0.338 e. The Hall–Kier alpha value is -3.02. The Bertz CT molecular complexity index is 1040. The van der Waals surface area contributed by atoms with Crippen LogP contribution in [-0.4, -0.2) is 76.7 Å². The summed E-state index contributed by atoms with van der Waals surface area (Å²) in [6, 6.07) is 4.79. The van der Waals surface area contributed by atoms with Gasteiger partial charge >= 0.3 is 5.97 Å². The normalized spacial score (nSPS) is 16.9. The van der Waals surface area contributed by atoms with Gasteiger partial charge in [0, 0.05) is 38.1 Å². The highest BCUT2D eigenvalue weighted by Gasteiger charge is 2.42. The number of thioether (sulfide) groups is 1. The molecule has 0 saturated heterocycles. The van der Waals surface area contributed by atoms with Crippen molar-refractivity contribution in [3.8, 4) is 11.5 Å². The van der Waals surface area contributed by atoms with Crippen LogP contribution in [-0.2, 0) is 23.8 Å². The summed E-state index contributed by atoms with van der Waals surface area (Å²) in [4.78, 5) is 32.4. The van der Waals surface area contributed by atoms with Crippen LogP contribution in [0.25, 0.3) is 0 Å². The van der Waals surface area contributed by atoms with Gasteiger partial charge in [-0.3, -0.25) is 4.79 Å². The summed E-state index contributed by atoms with van der Waals surface area (Å²) >= 11 is 1.40. The number of hydrogen-bond acceptors (Lipinski definition) is 10. The second kappa shape index (κ2) is 12.6. The van der Waals surface area contributed by atoms with Gasteiger partial charge in [-0.25, -0.2) is 9.79 Å². The lowest BCUT2D eigenvalue weighted by Crippen LogP contribution is -2.38. The van der Waals surface area contributed by atoms with Crippen molar-refractivity contribution >= 4 is 28.8 Å². The van der Waals surface area contributed by atoms with Crippen molar-refractivity contribution in [3.63, 3.8) is 0 Å². The zero-order chi connectivity index (χ0) is 25.4. The number of aliphatic imine (C=N–C) groups is 1. The lowest BCUT2D eigenvalue weighted by Gasteiger charge is -2.36. The SMILES string of the molecule is COCCNC(=O)CC1=CSC2=NC(C)=C(C(=O)OCCOC)C(c3ccc(OC)cc3OC)N12. The van der Waals surface area contributed by atoms with Crippen LogP contribution in [0.15, 0.2) is 45.6 Å². The summed E-state index contributed by atoms with van der Waals surface area (Å²) in [5, 5.41) is 5.38. The maximum atomic E-state index is 13.3. The van der Waals surface area contributed by atoms with E-state index in [1.54, 1.807) is 40.4 Å². The fourth-order valence-corrected chi connectivity index (χ4v) is 4.75. The minimum Gasteiger partial charge on any atom is -0.497 e. The zero-order valence-corrected chi connectivity index (χ0v) is 21.4. The number of benzene rings is 1. The van der Waals surface area contributed by atoms with Gasteiger partial charge in [0.2, 0.25) is 5.91 Å². The maximum Gasteiger partial charge on any atom is 0.338 e. The van der Waals surface area contributed by atoms with Gasteiger partial charge in [-0.15, -0.1) is 0 Å². The standard InChI is InChI=1S/C24H31N3O7S/c1-15-21(23(29)34-11-10-31-3)22(18-7-6-17(32-4)13-19(18)33-5)27-16(14-35-24(27)26-15)12-20(28)25-8-9-30-2/h6-7,13-14,22H,8-12H2,1-5H3,(H,25,28). The lowest BCUT2D eigenvalue weighted by molar-refractivity contribution is -0.141. The number of nitrogens with zero attached hydrogens (tertiary/aromatic N) is 2. The van der Waals surface area contributed by atoms with Crippen molar-refractivity contribution in [2.24, 2.45) is 4.99 Å². The number of hydrogen-bond donors (Lipinski definition) is 1. The zero-order valence-electron chi connectivity index (χ0n) is 20.6. The number of allylic oxidation sites excluding steroid dienone is 1. The highest BCUT2D eigenvalue weighted by molar-refractivity contribution is 8.16. The van der Waals surface area contributed by atoms with E-state index >= 15 is 0 Å². The topological polar surface area (TPSA) is 108 Å². The van der Waals surface area contributed by atoms with E-state index in [1.807, 2.05) is 16.4 Å². The maximum absolute atomic E-state index is 13.3. The molecule has 0 spiro atoms. The van der Waals surface area contributed by atoms with Crippen LogP contribution in [0.1, 0.15) is 24.9 Å². The summed E-state index contributed by atoms with van der Waals surface area (Å²) in [7, 11) is 6.24. The van der Waals surface area contributed by atoms with Crippen molar-refractivity contribution in [2.45, 2.75) is 19.4 Å². The first-order valence-corrected chi connectivity index (χ1v) is 11.9. The minimum atomic E-state index is -0.619. The molecule has 0 fully saturated rings. The molecule has 2 heterocycles. The third kappa shape index (κ3) is 6.16. The first-order valence-electron chi connectivity index (χ1n) is 11.0. The van der Waals surface area contributed by atoms with E-state index in [9.17, 15) is 9.59 Å². The summed E-state index contributed by atoms with van der Waals surface area (Å²) < 4.78 is 26.5. The molecular weight excluding hydrogens is 474 g/mol. The summed E-state index contributed by atoms with van der Waals surface area (Å²) in [5.74, 6) is 0.479. The van der Waals surface area contributed by atoms with Crippen LogP contribution in [0.2, 0.25) is 0 Å². The molecule has 1 amide bonds. The molecule has 1 aromatic carbocycles. The van der Waals surface area contributed by atoms with Crippen molar-refractivity contribution in [3.05, 3.63) is 46.1 Å². The molecule has 1 aromatic rings. The van der Waals surface area contributed by atoms with E-state index in [4.69, 9.17) is 23.7 Å². The van der Waals surface area contributed by atoms with Gasteiger partial charge in [0.1, 0.15) is 18.1 Å². The van der Waals surface area contributed by atoms with E-state index in [1.165, 1.54) is 18.9 Å². The highest BCUT2D eigenvalue weighted by Crippen LogP contribution is 2.47. The van der Waals surface area contributed by atoms with E-state index < -0.39 is 12.0 Å². The third-order valence-electron chi connectivity index (χ3n) is 5.45. The molecule has 0 aliphatic carbocycles. The number of esters is 1. The number of methoxy groups -OCH3 is 4. The average molecular weight is 506 g/mol. The van der Waals surface area contributed by atoms with Gasteiger partial charge in [0.05, 0.1) is 51.2 Å². The van der Waals surface area contributed by atoms with Gasteiger partial charge in [-0.05, 0) is 24.5 Å². The quantitative estimate of drug-likeness (QED) is 0.339. The minimum absolute atomic E-state index is 0.106. The number of rotatable bonds is 12. The summed E-state index contributed by atoms with van der Waals surface area (Å²) in [5.41, 5.74) is 2.32. The van der Waals surface area contributed by atoms with E-state index in [0.717, 1.165) is 0 Å². The molecule has 2 aliphatic heterocycles. The van der Waals surface area contributed by atoms with Gasteiger partial charge in [0.15, 0.2) is 5.17 Å². The number of ether oxygens (including phenoxy) is 5. The van der Waals surface area contributed by atoms with Crippen LogP contribution in [0.3, 0.4) is 0 Å². The molecule has 1 N–H and O–H groups in total. The number of amides is 1. The van der Waals surface area contributed by atoms with Gasteiger partial charge < -0.3 is 33.9 Å². The predicted molar refractivity (Wildman–Crippen MR) is 132 cm³/mol. The van der Waals surface area contributed by atoms with Crippen molar-refractivity contribution < 1.29 is 33.3 Å². The molecule has 0 bridgehead atoms. The van der Waals surface area contributed by atoms with Gasteiger partial charge in [-0.2, -0.15) is 0 Å². The van der Waals surface area contributed by atoms with Gasteiger partial charge in [-0.1, -0.05) is 11.8 Å². The van der Waals surface area contributed by atoms with Crippen molar-refractivity contribution in [1.82, 2.24) is 10.2 Å². The Kier molecular flexibility index (Phi) is 9.58. The summed E-state index contributed by atoms with van der Waals surface area (Å²) in [6.07, 6.45) is 0.107. The number of carbonyl (C=O) groups is 2. The number of carbonyl (C=O) groups excluding carboxylic acids is 2. The van der Waals surface area contributed by atoms with Crippen LogP contribution in [0.5, 0.6) is 11.5 Å². The van der Waals surface area contributed by atoms with Crippen molar-refractivity contribution in [2.75, 3.05) is 54.8 Å². The Morgan fingerprint density at radius 1 is 1.09 bits per heavy atom. The van der Waals surface area contributed by atoms with Crippen LogP contribution >= 0.6 is 11.8 Å². The molecular formula is C24H31N3O7S. The predicted octanol–water partition coefficient (Wildman–Crippen LogP) is 2.62. The lowest BCUT2D eigenvalue weighted by atomic mass is 9.93. The first kappa shape index (κ1) is 26.6. The fraction of sp³-hybridized carbons (Fsp3) is 0.458. The Labute approximate surface area is 209 Å². The third-order valence-corrected chi connectivity index (χ3v) is 6.34. The molecule has 0 aromatic heterocycles. The van der Waals surface area contributed by atoms with E-state index in [2.05, 4.69) is 10.3 Å². The number of amidine groups is 1. The second-order valence-corrected chi connectivity index (χ2v) is 8.49. The molecule has 1 atom stereocenters. The second-order valence-electron chi connectivity index (χ2n) is 7.65. The Morgan fingerprint density at radius 2 is 1.86 bits per heavy atom. The molecule has 1 unspecified atom stereocenters. The number of nitrogens with one attached hydrogen (secondary N) is 1. The Balaban J connectivity index is 2.02. The van der Waals surface area contributed by atoms with Crippen LogP contribution < -0.4 is 14.8 Å². The molecule has 10 nitrogen and oxygen atoms in total. The molecule has 0 radical (unpaired) electrons. The van der Waals surface area contributed by atoms with Crippen LogP contribution in [0.4, 0.5) is 0 Å². The first-order chi connectivity index (χ1) is 16.9. The monoisotopic (exact) mass is 505 g/mol. The van der Waals surface area contributed by atoms with E-state index in [0.29, 0.717) is 52.3 Å². The van der Waals surface area contributed by atoms with Crippen molar-refractivity contribution in [1.29, 1.82) is 0 Å². The molecule has 35 heavy (non-hydrogen) atoms. The molecule has 3 rings (SSSR count). The van der Waals surface area contributed by atoms with Crippen LogP contribution in [0, 0.1) is 0 Å². The fourth-order valence-electron chi connectivity index (χ4n) is 3.78. The van der Waals surface area contributed by atoms with Gasteiger partial charge in [0.25, 0.3) is 0 Å². The Morgan fingerprint density at radius 3 is 2.54 bits per heavy atom. The van der Waals surface area contributed by atoms with E-state index in [-0.39, 0.29) is 25.5 Å².